The molecule has 6 aromatic carbocycles. The van der Waals surface area contributed by atoms with E-state index in [0.29, 0.717) is 0 Å². The van der Waals surface area contributed by atoms with E-state index in [1.165, 1.54) is 16.7 Å². The van der Waals surface area contributed by atoms with Crippen molar-refractivity contribution in [3.8, 4) is 55.9 Å². The molecule has 0 saturated carbocycles. The Morgan fingerprint density at radius 2 is 0.846 bits per heavy atom. The van der Waals surface area contributed by atoms with Gasteiger partial charge in [0.05, 0.1) is 27.9 Å². The summed E-state index contributed by atoms with van der Waals surface area (Å²) in [4.78, 5) is 19.3. The summed E-state index contributed by atoms with van der Waals surface area (Å²) >= 11 is 0. The zero-order valence-corrected chi connectivity index (χ0v) is 28.1. The SMILES string of the molecule is c1cc(-c2ccc3ccc4ccncc4c3n2)cc(-c2ccccc2-c2ccccc2-c2cccc(-c3ccc4ccc5cccnc5c4n3)c2)c1. The van der Waals surface area contributed by atoms with Crippen LogP contribution in [-0.2, 0) is 0 Å². The molecule has 4 nitrogen and oxygen atoms in total. The largest absolute Gasteiger partial charge is 0.264 e. The molecule has 52 heavy (non-hydrogen) atoms. The molecule has 0 saturated heterocycles. The van der Waals surface area contributed by atoms with Gasteiger partial charge in [-0.2, -0.15) is 0 Å². The maximum Gasteiger partial charge on any atom is 0.0972 e. The lowest BCUT2D eigenvalue weighted by Gasteiger charge is -2.16. The second kappa shape index (κ2) is 12.4. The summed E-state index contributed by atoms with van der Waals surface area (Å²) in [5, 5.41) is 5.48. The van der Waals surface area contributed by atoms with E-state index < -0.39 is 0 Å². The number of hydrogen-bond donors (Lipinski definition) is 0. The van der Waals surface area contributed by atoms with Crippen LogP contribution in [0.1, 0.15) is 0 Å². The molecule has 0 unspecified atom stereocenters. The summed E-state index contributed by atoms with van der Waals surface area (Å²) in [6, 6.07) is 57.9. The first-order valence-electron chi connectivity index (χ1n) is 17.4. The highest BCUT2D eigenvalue weighted by Gasteiger charge is 2.15. The van der Waals surface area contributed by atoms with E-state index in [1.807, 2.05) is 30.7 Å². The van der Waals surface area contributed by atoms with Crippen molar-refractivity contribution in [2.24, 2.45) is 0 Å². The molecular formula is C48H30N4. The van der Waals surface area contributed by atoms with Gasteiger partial charge in [-0.25, -0.2) is 9.97 Å². The summed E-state index contributed by atoms with van der Waals surface area (Å²) in [6.45, 7) is 0. The number of rotatable bonds is 5. The molecule has 4 heteroatoms. The molecule has 0 spiro atoms. The minimum absolute atomic E-state index is 0.918. The number of hydrogen-bond acceptors (Lipinski definition) is 4. The second-order valence-electron chi connectivity index (χ2n) is 13.1. The maximum absolute atomic E-state index is 5.16. The summed E-state index contributed by atoms with van der Waals surface area (Å²) in [5.41, 5.74) is 13.8. The third kappa shape index (κ3) is 5.17. The molecule has 0 aliphatic carbocycles. The monoisotopic (exact) mass is 662 g/mol. The van der Waals surface area contributed by atoms with Crippen LogP contribution in [0.25, 0.3) is 99.4 Å². The fourth-order valence-corrected chi connectivity index (χ4v) is 7.42. The molecule has 0 fully saturated rings. The molecule has 242 valence electrons. The van der Waals surface area contributed by atoms with E-state index in [1.54, 1.807) is 0 Å². The Hall–Kier alpha value is -7.04. The van der Waals surface area contributed by atoms with E-state index in [0.717, 1.165) is 82.7 Å². The van der Waals surface area contributed by atoms with E-state index in [2.05, 4.69) is 162 Å². The van der Waals surface area contributed by atoms with Gasteiger partial charge in [0.25, 0.3) is 0 Å². The average Bonchev–Trinajstić information content (AvgIpc) is 3.23. The summed E-state index contributed by atoms with van der Waals surface area (Å²) in [6.07, 6.45) is 5.57. The number of benzene rings is 6. The van der Waals surface area contributed by atoms with E-state index >= 15 is 0 Å². The highest BCUT2D eigenvalue weighted by molar-refractivity contribution is 6.06. The van der Waals surface area contributed by atoms with Crippen LogP contribution in [-0.4, -0.2) is 19.9 Å². The van der Waals surface area contributed by atoms with Crippen LogP contribution in [0.5, 0.6) is 0 Å². The zero-order chi connectivity index (χ0) is 34.4. The molecule has 10 aromatic rings. The third-order valence-electron chi connectivity index (χ3n) is 9.99. The quantitative estimate of drug-likeness (QED) is 0.172. The Labute approximate surface area is 300 Å². The summed E-state index contributed by atoms with van der Waals surface area (Å²) in [7, 11) is 0. The summed E-state index contributed by atoms with van der Waals surface area (Å²) in [5.74, 6) is 0. The van der Waals surface area contributed by atoms with Gasteiger partial charge in [0, 0.05) is 51.3 Å². The van der Waals surface area contributed by atoms with Crippen molar-refractivity contribution in [1.82, 2.24) is 19.9 Å². The second-order valence-corrected chi connectivity index (χ2v) is 13.1. The third-order valence-corrected chi connectivity index (χ3v) is 9.99. The molecule has 0 aliphatic heterocycles. The van der Waals surface area contributed by atoms with Crippen molar-refractivity contribution in [3.05, 3.63) is 182 Å². The number of aromatic nitrogens is 4. The van der Waals surface area contributed by atoms with Gasteiger partial charge in [-0.1, -0.05) is 127 Å². The van der Waals surface area contributed by atoms with Crippen molar-refractivity contribution in [2.75, 3.05) is 0 Å². The van der Waals surface area contributed by atoms with Crippen molar-refractivity contribution < 1.29 is 0 Å². The smallest absolute Gasteiger partial charge is 0.0972 e. The van der Waals surface area contributed by atoms with Gasteiger partial charge in [0.1, 0.15) is 0 Å². The first-order valence-corrected chi connectivity index (χ1v) is 17.4. The van der Waals surface area contributed by atoms with Crippen LogP contribution in [0.15, 0.2) is 182 Å². The highest BCUT2D eigenvalue weighted by Crippen LogP contribution is 2.40. The average molecular weight is 663 g/mol. The predicted octanol–water partition coefficient (Wildman–Crippen LogP) is 12.2. The van der Waals surface area contributed by atoms with Crippen LogP contribution in [0.2, 0.25) is 0 Å². The lowest BCUT2D eigenvalue weighted by molar-refractivity contribution is 1.35. The minimum atomic E-state index is 0.918. The first-order chi connectivity index (χ1) is 25.8. The normalized spacial score (nSPS) is 11.5. The lowest BCUT2D eigenvalue weighted by Crippen LogP contribution is -1.92. The highest BCUT2D eigenvalue weighted by atomic mass is 14.8. The van der Waals surface area contributed by atoms with Crippen LogP contribution in [0.3, 0.4) is 0 Å². The first kappa shape index (κ1) is 29.8. The lowest BCUT2D eigenvalue weighted by atomic mass is 9.88. The molecule has 0 radical (unpaired) electrons. The van der Waals surface area contributed by atoms with Gasteiger partial charge >= 0.3 is 0 Å². The van der Waals surface area contributed by atoms with Crippen molar-refractivity contribution >= 4 is 43.5 Å². The van der Waals surface area contributed by atoms with Crippen LogP contribution >= 0.6 is 0 Å². The molecule has 0 atom stereocenters. The zero-order valence-electron chi connectivity index (χ0n) is 28.1. The van der Waals surface area contributed by atoms with E-state index in [-0.39, 0.29) is 0 Å². The minimum Gasteiger partial charge on any atom is -0.264 e. The fourth-order valence-electron chi connectivity index (χ4n) is 7.42. The van der Waals surface area contributed by atoms with Crippen LogP contribution in [0.4, 0.5) is 0 Å². The number of fused-ring (bicyclic) bond motifs is 6. The standard InChI is InChI=1S/C48H30N4/c1-3-15-41(39(13-1)35-8-5-10-37(28-35)44-23-21-33-18-17-31-25-27-49-30-43(31)46(33)51-44)42-16-4-2-14-40(42)36-9-6-11-38(29-36)45-24-22-34-20-19-32-12-7-26-50-47(32)48(34)52-45/h1-30H. The molecule has 4 aromatic heterocycles. The van der Waals surface area contributed by atoms with Crippen molar-refractivity contribution in [1.29, 1.82) is 0 Å². The molecule has 0 aliphatic rings. The molecule has 0 bridgehead atoms. The van der Waals surface area contributed by atoms with Gasteiger partial charge in [-0.3, -0.25) is 9.97 Å². The molecule has 4 heterocycles. The molecule has 0 amide bonds. The van der Waals surface area contributed by atoms with Crippen molar-refractivity contribution in [3.63, 3.8) is 0 Å². The maximum atomic E-state index is 5.16. The van der Waals surface area contributed by atoms with Gasteiger partial charge < -0.3 is 0 Å². The Bertz CT molecular complexity index is 2780. The molecule has 0 N–H and O–H groups in total. The van der Waals surface area contributed by atoms with Crippen LogP contribution in [0, 0.1) is 0 Å². The topological polar surface area (TPSA) is 51.6 Å². The van der Waals surface area contributed by atoms with E-state index in [4.69, 9.17) is 9.97 Å². The number of pyridine rings is 4. The Morgan fingerprint density at radius 3 is 1.50 bits per heavy atom. The number of nitrogens with zero attached hydrogens (tertiary/aromatic N) is 4. The van der Waals surface area contributed by atoms with E-state index in [9.17, 15) is 0 Å². The fraction of sp³-hybridized carbons (Fsp3) is 0. The molecule has 10 rings (SSSR count). The Morgan fingerprint density at radius 1 is 0.327 bits per heavy atom. The van der Waals surface area contributed by atoms with Crippen molar-refractivity contribution in [2.45, 2.75) is 0 Å². The molecular weight excluding hydrogens is 633 g/mol. The summed E-state index contributed by atoms with van der Waals surface area (Å²) < 4.78 is 0. The Balaban J connectivity index is 1.05. The van der Waals surface area contributed by atoms with Gasteiger partial charge in [0.15, 0.2) is 0 Å². The van der Waals surface area contributed by atoms with Gasteiger partial charge in [-0.05, 0) is 75.2 Å². The van der Waals surface area contributed by atoms with Gasteiger partial charge in [0.2, 0.25) is 0 Å². The van der Waals surface area contributed by atoms with Gasteiger partial charge in [-0.15, -0.1) is 0 Å². The Kier molecular flexibility index (Phi) is 7.10. The van der Waals surface area contributed by atoms with Crippen LogP contribution < -0.4 is 0 Å². The predicted molar refractivity (Wildman–Crippen MR) is 215 cm³/mol.